The zero-order valence-electron chi connectivity index (χ0n) is 19.7. The van der Waals surface area contributed by atoms with Crippen LogP contribution in [0, 0.1) is 5.92 Å². The second-order valence-corrected chi connectivity index (χ2v) is 8.96. The molecule has 0 bridgehead atoms. The summed E-state index contributed by atoms with van der Waals surface area (Å²) in [4.78, 5) is 19.4. The monoisotopic (exact) mass is 448 g/mol. The summed E-state index contributed by atoms with van der Waals surface area (Å²) in [6, 6.07) is 16.1. The molecule has 0 radical (unpaired) electrons. The van der Waals surface area contributed by atoms with Gasteiger partial charge in [0.05, 0.1) is 13.2 Å². The van der Waals surface area contributed by atoms with E-state index < -0.39 is 0 Å². The maximum absolute atomic E-state index is 12.7. The average Bonchev–Trinajstić information content (AvgIpc) is 3.70. The largest absolute Gasteiger partial charge is 0.493 e. The summed E-state index contributed by atoms with van der Waals surface area (Å²) >= 11 is 0. The molecule has 1 heterocycles. The Balaban J connectivity index is 1.33. The van der Waals surface area contributed by atoms with Crippen molar-refractivity contribution in [2.24, 2.45) is 10.9 Å². The fraction of sp³-hybridized carbons (Fsp3) is 0.481. The first-order valence-corrected chi connectivity index (χ1v) is 12.3. The van der Waals surface area contributed by atoms with Gasteiger partial charge in [0, 0.05) is 37.3 Å². The molecule has 176 valence electrons. The number of likely N-dealkylation sites (tertiary alicyclic amines) is 1. The Kier molecular flexibility index (Phi) is 8.23. The van der Waals surface area contributed by atoms with E-state index in [9.17, 15) is 4.79 Å². The number of rotatable bonds is 9. The zero-order chi connectivity index (χ0) is 22.9. The molecule has 1 saturated heterocycles. The van der Waals surface area contributed by atoms with E-state index in [0.29, 0.717) is 13.1 Å². The maximum Gasteiger partial charge on any atom is 0.253 e. The van der Waals surface area contributed by atoms with Crippen LogP contribution in [0.4, 0.5) is 0 Å². The number of carbonyl (C=O) groups is 1. The number of nitrogens with zero attached hydrogens (tertiary/aromatic N) is 2. The molecule has 4 rings (SSSR count). The topological polar surface area (TPSA) is 66.0 Å². The number of hydrogen-bond acceptors (Lipinski definition) is 3. The van der Waals surface area contributed by atoms with Crippen molar-refractivity contribution in [1.29, 1.82) is 0 Å². The summed E-state index contributed by atoms with van der Waals surface area (Å²) in [7, 11) is 0. The molecule has 2 aromatic rings. The van der Waals surface area contributed by atoms with Gasteiger partial charge in [-0.2, -0.15) is 0 Å². The van der Waals surface area contributed by atoms with Crippen molar-refractivity contribution < 1.29 is 9.53 Å². The van der Waals surface area contributed by atoms with Gasteiger partial charge in [-0.05, 0) is 68.7 Å². The van der Waals surface area contributed by atoms with Crippen molar-refractivity contribution in [3.63, 3.8) is 0 Å². The molecular formula is C27H36N4O2. The Hall–Kier alpha value is -3.02. The Morgan fingerprint density at radius 2 is 1.79 bits per heavy atom. The summed E-state index contributed by atoms with van der Waals surface area (Å²) < 4.78 is 6.03. The van der Waals surface area contributed by atoms with Crippen LogP contribution in [0.25, 0.3) is 0 Å². The number of nitrogens with one attached hydrogen (secondary N) is 2. The van der Waals surface area contributed by atoms with Gasteiger partial charge in [-0.1, -0.05) is 30.3 Å². The van der Waals surface area contributed by atoms with E-state index in [4.69, 9.17) is 9.73 Å². The molecule has 1 saturated carbocycles. The molecule has 33 heavy (non-hydrogen) atoms. The van der Waals surface area contributed by atoms with Crippen LogP contribution in [0.3, 0.4) is 0 Å². The van der Waals surface area contributed by atoms with Crippen LogP contribution < -0.4 is 15.4 Å². The number of guanidine groups is 1. The van der Waals surface area contributed by atoms with Crippen LogP contribution in [0.5, 0.6) is 5.75 Å². The molecule has 6 heteroatoms. The molecule has 2 aliphatic rings. The van der Waals surface area contributed by atoms with Crippen molar-refractivity contribution in [1.82, 2.24) is 15.5 Å². The Morgan fingerprint density at radius 3 is 2.52 bits per heavy atom. The molecule has 0 atom stereocenters. The maximum atomic E-state index is 12.7. The van der Waals surface area contributed by atoms with Crippen LogP contribution >= 0.6 is 0 Å². The fourth-order valence-electron chi connectivity index (χ4n) is 4.01. The number of amides is 1. The molecule has 2 aromatic carbocycles. The van der Waals surface area contributed by atoms with Gasteiger partial charge in [-0.3, -0.25) is 4.79 Å². The van der Waals surface area contributed by atoms with E-state index in [-0.39, 0.29) is 5.91 Å². The van der Waals surface area contributed by atoms with Gasteiger partial charge < -0.3 is 20.3 Å². The summed E-state index contributed by atoms with van der Waals surface area (Å²) in [5, 5.41) is 6.73. The molecule has 1 aliphatic carbocycles. The molecule has 1 amide bonds. The number of piperidine rings is 1. The molecule has 1 aliphatic heterocycles. The smallest absolute Gasteiger partial charge is 0.253 e. The van der Waals surface area contributed by atoms with Gasteiger partial charge >= 0.3 is 0 Å². The van der Waals surface area contributed by atoms with E-state index in [2.05, 4.69) is 23.6 Å². The summed E-state index contributed by atoms with van der Waals surface area (Å²) in [6.45, 7) is 6.60. The third-order valence-corrected chi connectivity index (χ3v) is 6.20. The second-order valence-electron chi connectivity index (χ2n) is 8.96. The second kappa shape index (κ2) is 11.7. The summed E-state index contributed by atoms with van der Waals surface area (Å²) in [6.07, 6.45) is 6.00. The molecule has 2 fully saturated rings. The standard InChI is InChI=1S/C27H36N4O2/c1-2-28-27(30-19-24-8-4-5-9-25(24)33-20-22-10-11-22)29-18-21-12-14-23(15-13-21)26(32)31-16-6-3-7-17-31/h4-5,8-9,12-15,22H,2-3,6-7,10-11,16-20H2,1H3,(H2,28,29,30). The van der Waals surface area contributed by atoms with Crippen LogP contribution in [-0.4, -0.2) is 43.0 Å². The van der Waals surface area contributed by atoms with Crippen LogP contribution in [-0.2, 0) is 13.1 Å². The summed E-state index contributed by atoms with van der Waals surface area (Å²) in [5.74, 6) is 2.58. The lowest BCUT2D eigenvalue weighted by atomic mass is 10.1. The van der Waals surface area contributed by atoms with Crippen LogP contribution in [0.15, 0.2) is 53.5 Å². The predicted octanol–water partition coefficient (Wildman–Crippen LogP) is 4.36. The number of carbonyl (C=O) groups excluding carboxylic acids is 1. The van der Waals surface area contributed by atoms with Crippen LogP contribution in [0.2, 0.25) is 0 Å². The van der Waals surface area contributed by atoms with E-state index in [0.717, 1.165) is 73.4 Å². The third-order valence-electron chi connectivity index (χ3n) is 6.20. The normalized spacial score (nSPS) is 16.4. The van der Waals surface area contributed by atoms with Gasteiger partial charge in [-0.15, -0.1) is 0 Å². The number of ether oxygens (including phenoxy) is 1. The minimum absolute atomic E-state index is 0.141. The molecule has 0 unspecified atom stereocenters. The fourth-order valence-corrected chi connectivity index (χ4v) is 4.01. The first-order valence-electron chi connectivity index (χ1n) is 12.3. The number of hydrogen-bond donors (Lipinski definition) is 2. The SMILES string of the molecule is CCNC(=NCc1ccc(C(=O)N2CCCCC2)cc1)NCc1ccccc1OCC1CC1. The van der Waals surface area contributed by atoms with Gasteiger partial charge in [0.25, 0.3) is 5.91 Å². The zero-order valence-corrected chi connectivity index (χ0v) is 19.7. The highest BCUT2D eigenvalue weighted by molar-refractivity contribution is 5.94. The minimum Gasteiger partial charge on any atom is -0.493 e. The van der Waals surface area contributed by atoms with E-state index in [1.165, 1.54) is 19.3 Å². The molecule has 2 N–H and O–H groups in total. The van der Waals surface area contributed by atoms with Gasteiger partial charge in [0.15, 0.2) is 5.96 Å². The predicted molar refractivity (Wildman–Crippen MR) is 133 cm³/mol. The highest BCUT2D eigenvalue weighted by Crippen LogP contribution is 2.30. The summed E-state index contributed by atoms with van der Waals surface area (Å²) in [5.41, 5.74) is 2.97. The van der Waals surface area contributed by atoms with E-state index in [1.54, 1.807) is 0 Å². The first-order chi connectivity index (χ1) is 16.2. The van der Waals surface area contributed by atoms with Crippen LogP contribution in [0.1, 0.15) is 60.5 Å². The number of aliphatic imine (C=N–C) groups is 1. The van der Waals surface area contributed by atoms with Crippen molar-refractivity contribution in [3.05, 3.63) is 65.2 Å². The Bertz CT molecular complexity index is 931. The lowest BCUT2D eigenvalue weighted by Crippen LogP contribution is -2.36. The van der Waals surface area contributed by atoms with E-state index in [1.807, 2.05) is 47.4 Å². The Morgan fingerprint density at radius 1 is 1.03 bits per heavy atom. The lowest BCUT2D eigenvalue weighted by molar-refractivity contribution is 0.0724. The van der Waals surface area contributed by atoms with Gasteiger partial charge in [0.2, 0.25) is 0 Å². The quantitative estimate of drug-likeness (QED) is 0.442. The van der Waals surface area contributed by atoms with Crippen molar-refractivity contribution in [2.75, 3.05) is 26.2 Å². The molecule has 0 aromatic heterocycles. The molecule has 0 spiro atoms. The third kappa shape index (κ3) is 6.98. The minimum atomic E-state index is 0.141. The first kappa shape index (κ1) is 23.1. The van der Waals surface area contributed by atoms with E-state index >= 15 is 0 Å². The van der Waals surface area contributed by atoms with Crippen molar-refractivity contribution >= 4 is 11.9 Å². The molecule has 6 nitrogen and oxygen atoms in total. The average molecular weight is 449 g/mol. The highest BCUT2D eigenvalue weighted by Gasteiger charge is 2.22. The number of benzene rings is 2. The Labute approximate surface area is 197 Å². The number of para-hydroxylation sites is 1. The highest BCUT2D eigenvalue weighted by atomic mass is 16.5. The van der Waals surface area contributed by atoms with Gasteiger partial charge in [0.1, 0.15) is 5.75 Å². The van der Waals surface area contributed by atoms with Crippen molar-refractivity contribution in [2.45, 2.75) is 52.1 Å². The van der Waals surface area contributed by atoms with Crippen molar-refractivity contribution in [3.8, 4) is 5.75 Å². The lowest BCUT2D eigenvalue weighted by Gasteiger charge is -2.26. The molecular weight excluding hydrogens is 412 g/mol. The van der Waals surface area contributed by atoms with Gasteiger partial charge in [-0.25, -0.2) is 4.99 Å².